The van der Waals surface area contributed by atoms with Crippen LogP contribution in [0, 0.1) is 5.92 Å². The first kappa shape index (κ1) is 18.8. The highest BCUT2D eigenvalue weighted by atomic mass is 16.5. The minimum absolute atomic E-state index is 0.234. The quantitative estimate of drug-likeness (QED) is 0.475. The number of rotatable bonds is 5. The van der Waals surface area contributed by atoms with Gasteiger partial charge in [0.1, 0.15) is 12.4 Å². The Bertz CT molecular complexity index is 1160. The summed E-state index contributed by atoms with van der Waals surface area (Å²) >= 11 is 0. The van der Waals surface area contributed by atoms with Crippen molar-refractivity contribution in [1.29, 1.82) is 0 Å². The number of nitrogens with zero attached hydrogens (tertiary/aromatic N) is 1. The van der Waals surface area contributed by atoms with Crippen molar-refractivity contribution in [2.24, 2.45) is 5.92 Å². The fourth-order valence-electron chi connectivity index (χ4n) is 4.39. The number of hydrogen-bond donors (Lipinski definition) is 1. The number of fused-ring (bicyclic) bond motifs is 2. The van der Waals surface area contributed by atoms with Gasteiger partial charge in [0.25, 0.3) is 0 Å². The van der Waals surface area contributed by atoms with Crippen molar-refractivity contribution in [3.63, 3.8) is 0 Å². The van der Waals surface area contributed by atoms with Crippen LogP contribution < -0.4 is 4.74 Å². The molecule has 0 fully saturated rings. The lowest BCUT2D eigenvalue weighted by Crippen LogP contribution is -2.22. The molecule has 1 heterocycles. The summed E-state index contributed by atoms with van der Waals surface area (Å²) in [6.45, 7) is 0.410. The van der Waals surface area contributed by atoms with Crippen molar-refractivity contribution in [3.05, 3.63) is 107 Å². The standard InChI is InChI=1S/C27H25NO2/c29-27-22(16-19-6-2-1-3-7-19)11-10-20-13-15-24(17-25(20)27)30-18-23-14-12-21-8-4-5-9-26(21)28-23/h1-9,12-15,17,22,27,29H,10-11,16,18H2/t22-,27-/m0/s1. The molecule has 0 saturated heterocycles. The minimum atomic E-state index is -0.462. The van der Waals surface area contributed by atoms with Gasteiger partial charge in [-0.05, 0) is 66.1 Å². The van der Waals surface area contributed by atoms with Gasteiger partial charge in [-0.1, -0.05) is 60.7 Å². The first-order chi connectivity index (χ1) is 14.8. The van der Waals surface area contributed by atoms with E-state index in [1.807, 2.05) is 42.5 Å². The highest BCUT2D eigenvalue weighted by Gasteiger charge is 2.28. The zero-order valence-electron chi connectivity index (χ0n) is 16.9. The second-order valence-corrected chi connectivity index (χ2v) is 8.08. The largest absolute Gasteiger partial charge is 0.487 e. The van der Waals surface area contributed by atoms with E-state index in [1.165, 1.54) is 11.1 Å². The number of ether oxygens (including phenoxy) is 1. The zero-order chi connectivity index (χ0) is 20.3. The molecule has 30 heavy (non-hydrogen) atoms. The molecule has 0 spiro atoms. The van der Waals surface area contributed by atoms with Gasteiger partial charge in [-0.2, -0.15) is 0 Å². The van der Waals surface area contributed by atoms with E-state index in [-0.39, 0.29) is 5.92 Å². The predicted octanol–water partition coefficient (Wildman–Crippen LogP) is 5.65. The molecule has 1 aromatic heterocycles. The van der Waals surface area contributed by atoms with E-state index >= 15 is 0 Å². The summed E-state index contributed by atoms with van der Waals surface area (Å²) < 4.78 is 6.04. The van der Waals surface area contributed by atoms with Gasteiger partial charge in [0.15, 0.2) is 0 Å². The van der Waals surface area contributed by atoms with Crippen molar-refractivity contribution in [1.82, 2.24) is 4.98 Å². The first-order valence-corrected chi connectivity index (χ1v) is 10.6. The lowest BCUT2D eigenvalue weighted by atomic mass is 9.78. The van der Waals surface area contributed by atoms with E-state index in [4.69, 9.17) is 4.74 Å². The van der Waals surface area contributed by atoms with Crippen molar-refractivity contribution >= 4 is 10.9 Å². The lowest BCUT2D eigenvalue weighted by Gasteiger charge is -2.30. The van der Waals surface area contributed by atoms with Crippen LogP contribution in [-0.4, -0.2) is 10.1 Å². The Balaban J connectivity index is 1.30. The molecule has 1 aliphatic carbocycles. The number of benzene rings is 3. The molecule has 3 nitrogen and oxygen atoms in total. The van der Waals surface area contributed by atoms with Crippen molar-refractivity contribution in [2.75, 3.05) is 0 Å². The molecule has 3 heteroatoms. The molecule has 3 aromatic carbocycles. The summed E-state index contributed by atoms with van der Waals surface area (Å²) in [5.74, 6) is 1.01. The van der Waals surface area contributed by atoms with Gasteiger partial charge in [0.2, 0.25) is 0 Å². The van der Waals surface area contributed by atoms with Crippen LogP contribution in [0.5, 0.6) is 5.75 Å². The fourth-order valence-corrected chi connectivity index (χ4v) is 4.39. The molecule has 5 rings (SSSR count). The number of hydrogen-bond acceptors (Lipinski definition) is 3. The van der Waals surface area contributed by atoms with Crippen molar-refractivity contribution in [2.45, 2.75) is 32.0 Å². The Labute approximate surface area is 177 Å². The molecule has 0 bridgehead atoms. The molecule has 1 N–H and O–H groups in total. The third-order valence-corrected chi connectivity index (χ3v) is 6.05. The zero-order valence-corrected chi connectivity index (χ0v) is 16.9. The Morgan fingerprint density at radius 2 is 1.73 bits per heavy atom. The second kappa shape index (κ2) is 8.29. The highest BCUT2D eigenvalue weighted by Crippen LogP contribution is 2.38. The van der Waals surface area contributed by atoms with Gasteiger partial charge in [-0.25, -0.2) is 4.98 Å². The van der Waals surface area contributed by atoms with Crippen molar-refractivity contribution < 1.29 is 9.84 Å². The molecule has 1 aliphatic rings. The minimum Gasteiger partial charge on any atom is -0.487 e. The maximum atomic E-state index is 11.0. The van der Waals surface area contributed by atoms with E-state index in [9.17, 15) is 5.11 Å². The fraction of sp³-hybridized carbons (Fsp3) is 0.222. The molecule has 2 atom stereocenters. The molecule has 0 saturated carbocycles. The van der Waals surface area contributed by atoms with E-state index in [0.29, 0.717) is 6.61 Å². The summed E-state index contributed by atoms with van der Waals surface area (Å²) in [6, 6.07) is 28.7. The molecular weight excluding hydrogens is 370 g/mol. The first-order valence-electron chi connectivity index (χ1n) is 10.6. The number of para-hydroxylation sites is 1. The Hall–Kier alpha value is -3.17. The average molecular weight is 396 g/mol. The van der Waals surface area contributed by atoms with Gasteiger partial charge in [0.05, 0.1) is 17.3 Å². The van der Waals surface area contributed by atoms with E-state index in [2.05, 4.69) is 47.4 Å². The molecule has 0 aliphatic heterocycles. The normalized spacial score (nSPS) is 18.2. The summed E-state index contributed by atoms with van der Waals surface area (Å²) in [5, 5.41) is 12.2. The van der Waals surface area contributed by atoms with Gasteiger partial charge in [0, 0.05) is 5.39 Å². The molecule has 0 amide bonds. The smallest absolute Gasteiger partial charge is 0.130 e. The van der Waals surface area contributed by atoms with E-state index in [0.717, 1.165) is 47.2 Å². The third kappa shape index (κ3) is 3.94. The number of pyridine rings is 1. The molecular formula is C27H25NO2. The third-order valence-electron chi connectivity index (χ3n) is 6.05. The maximum absolute atomic E-state index is 11.0. The maximum Gasteiger partial charge on any atom is 0.130 e. The van der Waals surface area contributed by atoms with Gasteiger partial charge in [-0.3, -0.25) is 0 Å². The Morgan fingerprint density at radius 1 is 0.900 bits per heavy atom. The number of aromatic nitrogens is 1. The monoisotopic (exact) mass is 395 g/mol. The number of aliphatic hydroxyl groups excluding tert-OH is 1. The number of aliphatic hydroxyl groups is 1. The molecule has 0 unspecified atom stereocenters. The molecule has 4 aromatic rings. The van der Waals surface area contributed by atoms with Crippen LogP contribution >= 0.6 is 0 Å². The summed E-state index contributed by atoms with van der Waals surface area (Å²) in [4.78, 5) is 4.68. The lowest BCUT2D eigenvalue weighted by molar-refractivity contribution is 0.0932. The van der Waals surface area contributed by atoms with Gasteiger partial charge < -0.3 is 9.84 Å². The van der Waals surface area contributed by atoms with Crippen LogP contribution in [0.2, 0.25) is 0 Å². The number of aryl methyl sites for hydroxylation is 1. The van der Waals surface area contributed by atoms with E-state index < -0.39 is 6.10 Å². The molecule has 150 valence electrons. The second-order valence-electron chi connectivity index (χ2n) is 8.08. The van der Waals surface area contributed by atoms with Gasteiger partial charge in [-0.15, -0.1) is 0 Å². The average Bonchev–Trinajstić information content (AvgIpc) is 2.80. The van der Waals surface area contributed by atoms with Gasteiger partial charge >= 0.3 is 0 Å². The predicted molar refractivity (Wildman–Crippen MR) is 119 cm³/mol. The highest BCUT2D eigenvalue weighted by molar-refractivity contribution is 5.78. The van der Waals surface area contributed by atoms with Crippen LogP contribution in [0.15, 0.2) is 84.9 Å². The van der Waals surface area contributed by atoms with Crippen LogP contribution in [-0.2, 0) is 19.4 Å². The Kier molecular flexibility index (Phi) is 5.20. The van der Waals surface area contributed by atoms with Crippen LogP contribution in [0.25, 0.3) is 10.9 Å². The SMILES string of the molecule is O[C@@H]1c2cc(OCc3ccc4ccccc4n3)ccc2CC[C@H]1Cc1ccccc1. The molecule has 0 radical (unpaired) electrons. The summed E-state index contributed by atoms with van der Waals surface area (Å²) in [7, 11) is 0. The summed E-state index contributed by atoms with van der Waals surface area (Å²) in [6.07, 6.45) is 2.44. The van der Waals surface area contributed by atoms with Crippen molar-refractivity contribution in [3.8, 4) is 5.75 Å². The summed E-state index contributed by atoms with van der Waals surface area (Å²) in [5.41, 5.74) is 5.38. The Morgan fingerprint density at radius 3 is 2.63 bits per heavy atom. The van der Waals surface area contributed by atoms with Crippen LogP contribution in [0.4, 0.5) is 0 Å². The van der Waals surface area contributed by atoms with E-state index in [1.54, 1.807) is 0 Å². The topological polar surface area (TPSA) is 42.4 Å². The van der Waals surface area contributed by atoms with Crippen LogP contribution in [0.1, 0.15) is 34.9 Å². The van der Waals surface area contributed by atoms with Crippen LogP contribution in [0.3, 0.4) is 0 Å².